The van der Waals surface area contributed by atoms with Crippen LogP contribution >= 0.6 is 11.8 Å². The lowest BCUT2D eigenvalue weighted by atomic mass is 9.85. The van der Waals surface area contributed by atoms with Crippen molar-refractivity contribution in [3.63, 3.8) is 0 Å². The van der Waals surface area contributed by atoms with Gasteiger partial charge in [-0.2, -0.15) is 5.26 Å². The lowest BCUT2D eigenvalue weighted by Crippen LogP contribution is -2.32. The molecule has 1 aliphatic heterocycles. The Balaban J connectivity index is 1.58. The summed E-state index contributed by atoms with van der Waals surface area (Å²) in [5.74, 6) is -1.65. The number of nitriles is 1. The van der Waals surface area contributed by atoms with E-state index >= 15 is 0 Å². The molecule has 3 aromatic rings. The van der Waals surface area contributed by atoms with Crippen molar-refractivity contribution in [3.8, 4) is 6.07 Å². The summed E-state index contributed by atoms with van der Waals surface area (Å²) in [5.41, 5.74) is 7.60. The molecule has 0 spiro atoms. The molecule has 3 atom stereocenters. The van der Waals surface area contributed by atoms with Gasteiger partial charge in [0.2, 0.25) is 0 Å². The van der Waals surface area contributed by atoms with E-state index in [0.29, 0.717) is 32.8 Å². The fraction of sp³-hybridized carbons (Fsp3) is 0.273. The molecule has 8 heteroatoms. The Kier molecular flexibility index (Phi) is 4.26. The van der Waals surface area contributed by atoms with E-state index < -0.39 is 17.2 Å². The molecule has 30 heavy (non-hydrogen) atoms. The van der Waals surface area contributed by atoms with Crippen LogP contribution in [0.15, 0.2) is 41.7 Å². The minimum atomic E-state index is -0.909. The van der Waals surface area contributed by atoms with Crippen molar-refractivity contribution >= 4 is 27.8 Å². The van der Waals surface area contributed by atoms with Crippen LogP contribution < -0.4 is 5.73 Å². The standard InChI is InChI=1S/C22H17F2N5S/c1-22(14-8-18(14)30-21(26)29-22)15-5-11(6-16(23)19(15)24)7-17-20-13(2-3-27-17)4-12(9-25)10-28-20/h2-6,10,14,18H,7-8H2,1H3,(H2,26,29)/t14-,18+,22+/m1/s1. The number of fused-ring (bicyclic) bond motifs is 2. The molecule has 0 unspecified atom stereocenters. The monoisotopic (exact) mass is 421 g/mol. The summed E-state index contributed by atoms with van der Waals surface area (Å²) in [6, 6.07) is 8.43. The maximum absolute atomic E-state index is 14.9. The summed E-state index contributed by atoms with van der Waals surface area (Å²) in [4.78, 5) is 13.3. The van der Waals surface area contributed by atoms with Crippen molar-refractivity contribution in [1.29, 1.82) is 5.26 Å². The van der Waals surface area contributed by atoms with Crippen molar-refractivity contribution in [1.82, 2.24) is 9.97 Å². The summed E-state index contributed by atoms with van der Waals surface area (Å²) >= 11 is 1.50. The zero-order valence-corrected chi connectivity index (χ0v) is 16.9. The molecule has 5 rings (SSSR count). The van der Waals surface area contributed by atoms with Crippen LogP contribution in [-0.2, 0) is 12.0 Å². The zero-order valence-electron chi connectivity index (χ0n) is 16.1. The van der Waals surface area contributed by atoms with Gasteiger partial charge < -0.3 is 5.73 Å². The number of aromatic nitrogens is 2. The van der Waals surface area contributed by atoms with E-state index in [1.54, 1.807) is 24.4 Å². The first-order chi connectivity index (χ1) is 14.4. The molecule has 2 aliphatic rings. The van der Waals surface area contributed by atoms with E-state index in [0.717, 1.165) is 11.8 Å². The smallest absolute Gasteiger partial charge is 0.164 e. The highest BCUT2D eigenvalue weighted by Crippen LogP contribution is 2.57. The summed E-state index contributed by atoms with van der Waals surface area (Å²) in [5, 5.41) is 10.6. The van der Waals surface area contributed by atoms with Gasteiger partial charge in [-0.25, -0.2) is 8.78 Å². The molecular weight excluding hydrogens is 404 g/mol. The summed E-state index contributed by atoms with van der Waals surface area (Å²) in [7, 11) is 0. The molecule has 3 heterocycles. The predicted octanol–water partition coefficient (Wildman–Crippen LogP) is 4.04. The Morgan fingerprint density at radius 2 is 2.13 bits per heavy atom. The first kappa shape index (κ1) is 18.9. The topological polar surface area (TPSA) is 88.0 Å². The first-order valence-corrected chi connectivity index (χ1v) is 10.4. The number of halogens is 2. The lowest BCUT2D eigenvalue weighted by molar-refractivity contribution is 0.392. The van der Waals surface area contributed by atoms with Gasteiger partial charge in [-0.15, -0.1) is 0 Å². The minimum absolute atomic E-state index is 0.140. The second kappa shape index (κ2) is 6.74. The predicted molar refractivity (Wildman–Crippen MR) is 112 cm³/mol. The molecule has 1 fully saturated rings. The largest absolute Gasteiger partial charge is 0.379 e. The van der Waals surface area contributed by atoms with E-state index in [1.807, 2.05) is 6.92 Å². The number of aliphatic imine (C=N–C) groups is 1. The number of rotatable bonds is 3. The second-order valence-corrected chi connectivity index (χ2v) is 9.14. The van der Waals surface area contributed by atoms with Crippen LogP contribution in [0.1, 0.15) is 35.7 Å². The number of nitrogens with two attached hydrogens (primary N) is 1. The van der Waals surface area contributed by atoms with Gasteiger partial charge in [0.1, 0.15) is 6.07 Å². The molecule has 2 N–H and O–H groups in total. The average Bonchev–Trinajstić information content (AvgIpc) is 3.50. The van der Waals surface area contributed by atoms with Gasteiger partial charge in [-0.1, -0.05) is 11.8 Å². The van der Waals surface area contributed by atoms with Crippen LogP contribution in [0, 0.1) is 28.9 Å². The highest BCUT2D eigenvalue weighted by atomic mass is 32.2. The number of amidine groups is 1. The van der Waals surface area contributed by atoms with Crippen molar-refractivity contribution in [2.75, 3.05) is 0 Å². The maximum Gasteiger partial charge on any atom is 0.164 e. The number of nitrogens with zero attached hydrogens (tertiary/aromatic N) is 4. The molecule has 5 nitrogen and oxygen atoms in total. The summed E-state index contributed by atoms with van der Waals surface area (Å²) in [6.07, 6.45) is 4.27. The molecule has 150 valence electrons. The number of thioether (sulfide) groups is 1. The third-order valence-electron chi connectivity index (χ3n) is 5.88. The van der Waals surface area contributed by atoms with Crippen LogP contribution in [0.2, 0.25) is 0 Å². The summed E-state index contributed by atoms with van der Waals surface area (Å²) < 4.78 is 29.4. The van der Waals surface area contributed by atoms with Gasteiger partial charge in [-0.05, 0) is 43.2 Å². The Morgan fingerprint density at radius 1 is 1.30 bits per heavy atom. The molecule has 2 aromatic heterocycles. The van der Waals surface area contributed by atoms with Gasteiger partial charge in [0.05, 0.1) is 22.3 Å². The van der Waals surface area contributed by atoms with Crippen molar-refractivity contribution in [2.24, 2.45) is 16.6 Å². The first-order valence-electron chi connectivity index (χ1n) is 9.53. The molecule has 1 aliphatic carbocycles. The highest BCUT2D eigenvalue weighted by Gasteiger charge is 2.55. The molecule has 1 saturated carbocycles. The van der Waals surface area contributed by atoms with Gasteiger partial charge in [0, 0.05) is 40.9 Å². The van der Waals surface area contributed by atoms with E-state index in [9.17, 15) is 8.78 Å². The highest BCUT2D eigenvalue weighted by molar-refractivity contribution is 8.14. The van der Waals surface area contributed by atoms with Crippen molar-refractivity contribution in [3.05, 3.63) is 70.7 Å². The number of hydrogen-bond acceptors (Lipinski definition) is 6. The van der Waals surface area contributed by atoms with Gasteiger partial charge in [0.25, 0.3) is 0 Å². The van der Waals surface area contributed by atoms with E-state index in [2.05, 4.69) is 21.0 Å². The molecule has 0 radical (unpaired) electrons. The van der Waals surface area contributed by atoms with Crippen LogP contribution in [-0.4, -0.2) is 20.4 Å². The van der Waals surface area contributed by atoms with Crippen LogP contribution in [0.5, 0.6) is 0 Å². The lowest BCUT2D eigenvalue weighted by Gasteiger charge is -2.30. The number of hydrogen-bond donors (Lipinski definition) is 1. The van der Waals surface area contributed by atoms with Crippen molar-refractivity contribution < 1.29 is 8.78 Å². The molecule has 0 saturated heterocycles. The Hall–Kier alpha value is -3.05. The molecule has 0 amide bonds. The van der Waals surface area contributed by atoms with E-state index in [4.69, 9.17) is 11.0 Å². The Bertz CT molecular complexity index is 1270. The minimum Gasteiger partial charge on any atom is -0.379 e. The third kappa shape index (κ3) is 3.01. The number of pyridine rings is 2. The Morgan fingerprint density at radius 3 is 2.93 bits per heavy atom. The van der Waals surface area contributed by atoms with Gasteiger partial charge in [0.15, 0.2) is 16.8 Å². The molecular formula is C22H17F2N5S. The van der Waals surface area contributed by atoms with Gasteiger partial charge >= 0.3 is 0 Å². The zero-order chi connectivity index (χ0) is 21.0. The molecule has 0 bridgehead atoms. The molecule has 1 aromatic carbocycles. The number of benzene rings is 1. The SMILES string of the molecule is C[C@]1(c2cc(Cc3nccc4cc(C#N)cnc34)cc(F)c2F)N=C(N)S[C@H]2C[C@H]21. The van der Waals surface area contributed by atoms with Crippen LogP contribution in [0.3, 0.4) is 0 Å². The fourth-order valence-corrected chi connectivity index (χ4v) is 5.55. The normalized spacial score (nSPS) is 24.8. The third-order valence-corrected chi connectivity index (χ3v) is 7.03. The van der Waals surface area contributed by atoms with Crippen LogP contribution in [0.4, 0.5) is 8.78 Å². The van der Waals surface area contributed by atoms with E-state index in [1.165, 1.54) is 24.0 Å². The average molecular weight is 421 g/mol. The summed E-state index contributed by atoms with van der Waals surface area (Å²) in [6.45, 7) is 1.83. The maximum atomic E-state index is 14.9. The van der Waals surface area contributed by atoms with Crippen molar-refractivity contribution in [2.45, 2.75) is 30.6 Å². The van der Waals surface area contributed by atoms with Crippen LogP contribution in [0.25, 0.3) is 10.9 Å². The quantitative estimate of drug-likeness (QED) is 0.690. The fourth-order valence-electron chi connectivity index (χ4n) is 4.26. The van der Waals surface area contributed by atoms with E-state index in [-0.39, 0.29) is 17.9 Å². The Labute approximate surface area is 176 Å². The van der Waals surface area contributed by atoms with Gasteiger partial charge in [-0.3, -0.25) is 15.0 Å². The second-order valence-electron chi connectivity index (χ2n) is 7.88.